The van der Waals surface area contributed by atoms with E-state index < -0.39 is 5.82 Å². The molecule has 2 aromatic rings. The predicted molar refractivity (Wildman–Crippen MR) is 103 cm³/mol. The molecule has 0 saturated heterocycles. The topological polar surface area (TPSA) is 29.1 Å². The summed E-state index contributed by atoms with van der Waals surface area (Å²) in [5.74, 6) is -0.895. The number of carbonyl (C=O) groups excluding carboxylic acids is 1. The van der Waals surface area contributed by atoms with Crippen molar-refractivity contribution in [2.45, 2.75) is 41.0 Å². The minimum absolute atomic E-state index is 0.157. The standard InChI is InChI=1S/C22H25F2NO/c1-6-9-25-22(26)15(4)14(3)19-11-18(23)12-20(16(19)5)17-8-7-13(2)21(24)10-17/h7-8,10-12H,6,9H2,1-5H3,(H,25,26)/b15-14+. The zero-order chi connectivity index (χ0) is 19.4. The maximum Gasteiger partial charge on any atom is 0.247 e. The van der Waals surface area contributed by atoms with Crippen molar-refractivity contribution in [1.29, 1.82) is 0 Å². The highest BCUT2D eigenvalue weighted by atomic mass is 19.1. The second-order valence-corrected chi connectivity index (χ2v) is 6.60. The molecule has 0 aromatic heterocycles. The zero-order valence-electron chi connectivity index (χ0n) is 16.0. The molecule has 0 bridgehead atoms. The summed E-state index contributed by atoms with van der Waals surface area (Å²) in [5.41, 5.74) is 4.52. The molecule has 0 aliphatic carbocycles. The van der Waals surface area contributed by atoms with Gasteiger partial charge in [-0.15, -0.1) is 0 Å². The summed E-state index contributed by atoms with van der Waals surface area (Å²) in [6, 6.07) is 7.71. The van der Waals surface area contributed by atoms with Crippen LogP contribution in [0.3, 0.4) is 0 Å². The Morgan fingerprint density at radius 2 is 1.77 bits per heavy atom. The molecule has 0 saturated carbocycles. The van der Waals surface area contributed by atoms with Crippen LogP contribution in [0.2, 0.25) is 0 Å². The summed E-state index contributed by atoms with van der Waals surface area (Å²) in [6.07, 6.45) is 0.847. The van der Waals surface area contributed by atoms with Gasteiger partial charge < -0.3 is 5.32 Å². The third-order valence-corrected chi connectivity index (χ3v) is 4.70. The molecule has 1 amide bonds. The molecule has 0 fully saturated rings. The number of amides is 1. The van der Waals surface area contributed by atoms with E-state index in [2.05, 4.69) is 5.32 Å². The molecule has 138 valence electrons. The first-order valence-electron chi connectivity index (χ1n) is 8.79. The Morgan fingerprint density at radius 1 is 1.08 bits per heavy atom. The summed E-state index contributed by atoms with van der Waals surface area (Å²) in [7, 11) is 0. The second kappa shape index (κ2) is 8.26. The number of halogens is 2. The van der Waals surface area contributed by atoms with Crippen molar-refractivity contribution in [1.82, 2.24) is 5.32 Å². The van der Waals surface area contributed by atoms with E-state index in [0.717, 1.165) is 12.0 Å². The fourth-order valence-corrected chi connectivity index (χ4v) is 2.87. The number of hydrogen-bond acceptors (Lipinski definition) is 1. The Morgan fingerprint density at radius 3 is 2.38 bits per heavy atom. The van der Waals surface area contributed by atoms with Crippen LogP contribution in [0.5, 0.6) is 0 Å². The van der Waals surface area contributed by atoms with Crippen LogP contribution in [0.25, 0.3) is 16.7 Å². The highest BCUT2D eigenvalue weighted by Crippen LogP contribution is 2.32. The fraction of sp³-hybridized carbons (Fsp3) is 0.318. The van der Waals surface area contributed by atoms with Gasteiger partial charge in [0.2, 0.25) is 5.91 Å². The van der Waals surface area contributed by atoms with Gasteiger partial charge in [0.05, 0.1) is 0 Å². The zero-order valence-corrected chi connectivity index (χ0v) is 16.0. The summed E-state index contributed by atoms with van der Waals surface area (Å²) < 4.78 is 28.2. The minimum Gasteiger partial charge on any atom is -0.352 e. The van der Waals surface area contributed by atoms with Crippen molar-refractivity contribution in [2.24, 2.45) is 0 Å². The van der Waals surface area contributed by atoms with Crippen molar-refractivity contribution < 1.29 is 13.6 Å². The van der Waals surface area contributed by atoms with Crippen LogP contribution in [0.1, 0.15) is 43.9 Å². The first-order chi connectivity index (χ1) is 12.3. The van der Waals surface area contributed by atoms with Gasteiger partial charge in [-0.25, -0.2) is 8.78 Å². The average molecular weight is 357 g/mol. The number of allylic oxidation sites excluding steroid dienone is 1. The highest BCUT2D eigenvalue weighted by Gasteiger charge is 2.15. The molecule has 0 radical (unpaired) electrons. The van der Waals surface area contributed by atoms with Crippen molar-refractivity contribution in [3.8, 4) is 11.1 Å². The molecule has 0 aliphatic rings. The van der Waals surface area contributed by atoms with Gasteiger partial charge in [-0.05, 0) is 85.7 Å². The number of rotatable bonds is 5. The molecule has 0 atom stereocenters. The summed E-state index contributed by atoms with van der Waals surface area (Å²) in [5, 5.41) is 2.84. The largest absolute Gasteiger partial charge is 0.352 e. The van der Waals surface area contributed by atoms with Gasteiger partial charge in [0.1, 0.15) is 11.6 Å². The van der Waals surface area contributed by atoms with E-state index in [4.69, 9.17) is 0 Å². The van der Waals surface area contributed by atoms with Gasteiger partial charge in [0.15, 0.2) is 0 Å². The molecule has 1 N–H and O–H groups in total. The van der Waals surface area contributed by atoms with Gasteiger partial charge in [0, 0.05) is 12.1 Å². The second-order valence-electron chi connectivity index (χ2n) is 6.60. The first kappa shape index (κ1) is 19.8. The van der Waals surface area contributed by atoms with E-state index in [1.54, 1.807) is 26.0 Å². The van der Waals surface area contributed by atoms with E-state index in [9.17, 15) is 13.6 Å². The maximum absolute atomic E-state index is 14.3. The number of carbonyl (C=O) groups is 1. The van der Waals surface area contributed by atoms with Gasteiger partial charge in [-0.1, -0.05) is 19.1 Å². The smallest absolute Gasteiger partial charge is 0.247 e. The van der Waals surface area contributed by atoms with Crippen LogP contribution in [0, 0.1) is 25.5 Å². The Labute approximate surface area is 153 Å². The molecule has 0 spiro atoms. The monoisotopic (exact) mass is 357 g/mol. The van der Waals surface area contributed by atoms with Crippen LogP contribution >= 0.6 is 0 Å². The predicted octanol–water partition coefficient (Wildman–Crippen LogP) is 5.57. The SMILES string of the molecule is CCCNC(=O)/C(C)=C(\C)c1cc(F)cc(-c2ccc(C)c(F)c2)c1C. The van der Waals surface area contributed by atoms with Crippen molar-refractivity contribution in [2.75, 3.05) is 6.54 Å². The number of aryl methyl sites for hydroxylation is 1. The van der Waals surface area contributed by atoms with Crippen molar-refractivity contribution in [3.05, 3.63) is 64.2 Å². The lowest BCUT2D eigenvalue weighted by Crippen LogP contribution is -2.25. The maximum atomic E-state index is 14.3. The summed E-state index contributed by atoms with van der Waals surface area (Å²) in [6.45, 7) is 9.67. The summed E-state index contributed by atoms with van der Waals surface area (Å²) >= 11 is 0. The Hall–Kier alpha value is -2.49. The van der Waals surface area contributed by atoms with Crippen molar-refractivity contribution in [3.63, 3.8) is 0 Å². The Balaban J connectivity index is 2.56. The van der Waals surface area contributed by atoms with Gasteiger partial charge in [-0.3, -0.25) is 4.79 Å². The van der Waals surface area contributed by atoms with E-state index in [0.29, 0.717) is 39.9 Å². The van der Waals surface area contributed by atoms with Gasteiger partial charge >= 0.3 is 0 Å². The lowest BCUT2D eigenvalue weighted by atomic mass is 9.90. The highest BCUT2D eigenvalue weighted by molar-refractivity contribution is 6.00. The molecular formula is C22H25F2NO. The molecule has 2 nitrogen and oxygen atoms in total. The fourth-order valence-electron chi connectivity index (χ4n) is 2.87. The van der Waals surface area contributed by atoms with Crippen LogP contribution in [-0.2, 0) is 4.79 Å². The van der Waals surface area contributed by atoms with Crippen molar-refractivity contribution >= 4 is 11.5 Å². The lowest BCUT2D eigenvalue weighted by Gasteiger charge is -2.15. The average Bonchev–Trinajstić information content (AvgIpc) is 2.62. The number of nitrogens with one attached hydrogen (secondary N) is 1. The van der Waals surface area contributed by atoms with Crippen LogP contribution < -0.4 is 5.32 Å². The van der Waals surface area contributed by atoms with E-state index in [1.807, 2.05) is 20.8 Å². The molecule has 0 unspecified atom stereocenters. The van der Waals surface area contributed by atoms with E-state index in [1.165, 1.54) is 18.2 Å². The first-order valence-corrected chi connectivity index (χ1v) is 8.79. The van der Waals surface area contributed by atoms with Gasteiger partial charge in [-0.2, -0.15) is 0 Å². The normalized spacial score (nSPS) is 12.0. The van der Waals surface area contributed by atoms with Gasteiger partial charge in [0.25, 0.3) is 0 Å². The number of benzene rings is 2. The quantitative estimate of drug-likeness (QED) is 0.697. The molecule has 0 aliphatic heterocycles. The Bertz CT molecular complexity index is 869. The molecule has 2 rings (SSSR count). The molecule has 0 heterocycles. The van der Waals surface area contributed by atoms with Crippen LogP contribution in [-0.4, -0.2) is 12.5 Å². The van der Waals surface area contributed by atoms with Crippen LogP contribution in [0.4, 0.5) is 8.78 Å². The number of hydrogen-bond donors (Lipinski definition) is 1. The third kappa shape index (κ3) is 4.18. The third-order valence-electron chi connectivity index (χ3n) is 4.70. The van der Waals surface area contributed by atoms with E-state index >= 15 is 0 Å². The van der Waals surface area contributed by atoms with Crippen LogP contribution in [0.15, 0.2) is 35.9 Å². The lowest BCUT2D eigenvalue weighted by molar-refractivity contribution is -0.117. The summed E-state index contributed by atoms with van der Waals surface area (Å²) in [4.78, 5) is 12.2. The molecule has 2 aromatic carbocycles. The molecule has 26 heavy (non-hydrogen) atoms. The van der Waals surface area contributed by atoms with E-state index in [-0.39, 0.29) is 11.7 Å². The minimum atomic E-state index is -0.414. The molecular weight excluding hydrogens is 332 g/mol. The Kier molecular flexibility index (Phi) is 6.30. The molecule has 4 heteroatoms.